The number of halogens is 3. The third kappa shape index (κ3) is 3.69. The van der Waals surface area contributed by atoms with Gasteiger partial charge in [-0.1, -0.05) is 6.07 Å². The number of alkyl halides is 1. The minimum absolute atomic E-state index is 0.201. The van der Waals surface area contributed by atoms with E-state index >= 15 is 0 Å². The molecule has 1 aromatic carbocycles. The molecule has 0 bridgehead atoms. The monoisotopic (exact) mass is 333 g/mol. The fourth-order valence-electron chi connectivity index (χ4n) is 2.47. The molecule has 1 saturated heterocycles. The fraction of sp³-hybridized carbons (Fsp3) is 0.571. The summed E-state index contributed by atoms with van der Waals surface area (Å²) < 4.78 is 13.7. The summed E-state index contributed by atoms with van der Waals surface area (Å²) >= 11 is 9.36. The van der Waals surface area contributed by atoms with E-state index in [-0.39, 0.29) is 11.2 Å². The van der Waals surface area contributed by atoms with Gasteiger partial charge in [-0.25, -0.2) is 4.39 Å². The van der Waals surface area contributed by atoms with Crippen molar-refractivity contribution < 1.29 is 4.39 Å². The Hall–Kier alpha value is -0.120. The zero-order valence-corrected chi connectivity index (χ0v) is 12.8. The number of rotatable bonds is 3. The summed E-state index contributed by atoms with van der Waals surface area (Å²) in [4.78, 5) is 2.41. The lowest BCUT2D eigenvalue weighted by molar-refractivity contribution is 0.176. The average molecular weight is 335 g/mol. The molecule has 1 atom stereocenters. The summed E-state index contributed by atoms with van der Waals surface area (Å²) in [5, 5.41) is 0.270. The van der Waals surface area contributed by atoms with E-state index in [0.717, 1.165) is 38.0 Å². The van der Waals surface area contributed by atoms with E-state index in [0.29, 0.717) is 10.4 Å². The van der Waals surface area contributed by atoms with Crippen LogP contribution in [-0.2, 0) is 6.54 Å². The molecule has 100 valence electrons. The fourth-order valence-corrected chi connectivity index (χ4v) is 3.14. The molecule has 0 spiro atoms. The molecule has 0 aliphatic carbocycles. The highest BCUT2D eigenvalue weighted by Crippen LogP contribution is 2.25. The zero-order valence-electron chi connectivity index (χ0n) is 10.5. The average Bonchev–Trinajstić information content (AvgIpc) is 2.34. The van der Waals surface area contributed by atoms with Crippen LogP contribution in [0, 0.1) is 11.7 Å². The van der Waals surface area contributed by atoms with Crippen molar-refractivity contribution in [2.24, 2.45) is 5.92 Å². The van der Waals surface area contributed by atoms with Crippen molar-refractivity contribution in [3.63, 3.8) is 0 Å². The summed E-state index contributed by atoms with van der Waals surface area (Å²) in [6, 6.07) is 5.24. The van der Waals surface area contributed by atoms with Crippen molar-refractivity contribution in [3.05, 3.63) is 34.1 Å². The van der Waals surface area contributed by atoms with Crippen LogP contribution in [-0.4, -0.2) is 23.4 Å². The van der Waals surface area contributed by atoms with Crippen LogP contribution < -0.4 is 0 Å². The van der Waals surface area contributed by atoms with Crippen LogP contribution in [0.15, 0.2) is 22.7 Å². The van der Waals surface area contributed by atoms with Gasteiger partial charge in [0, 0.05) is 11.9 Å². The Labute approximate surface area is 121 Å². The summed E-state index contributed by atoms with van der Waals surface area (Å²) in [5.41, 5.74) is 1.15. The van der Waals surface area contributed by atoms with Crippen LogP contribution in [0.25, 0.3) is 0 Å². The standard InChI is InChI=1S/C14H18BrClFN/c1-10(16)12-4-6-18(7-5-12)9-11-2-3-14(17)13(15)8-11/h2-3,8,10,12H,4-7,9H2,1H3. The van der Waals surface area contributed by atoms with Gasteiger partial charge in [-0.15, -0.1) is 11.6 Å². The Morgan fingerprint density at radius 2 is 2.11 bits per heavy atom. The number of hydrogen-bond donors (Lipinski definition) is 0. The van der Waals surface area contributed by atoms with Gasteiger partial charge in [0.2, 0.25) is 0 Å². The van der Waals surface area contributed by atoms with Crippen molar-refractivity contribution >= 4 is 27.5 Å². The largest absolute Gasteiger partial charge is 0.299 e. The molecule has 0 saturated carbocycles. The number of nitrogens with zero attached hydrogens (tertiary/aromatic N) is 1. The SMILES string of the molecule is CC(Cl)C1CCN(Cc2ccc(F)c(Br)c2)CC1. The molecule has 1 fully saturated rings. The van der Waals surface area contributed by atoms with Gasteiger partial charge in [-0.05, 0) is 72.4 Å². The Morgan fingerprint density at radius 3 is 2.67 bits per heavy atom. The van der Waals surface area contributed by atoms with Crippen molar-refractivity contribution in [1.29, 1.82) is 0 Å². The molecule has 1 aliphatic rings. The van der Waals surface area contributed by atoms with E-state index in [9.17, 15) is 4.39 Å². The topological polar surface area (TPSA) is 3.24 Å². The van der Waals surface area contributed by atoms with Crippen LogP contribution in [0.2, 0.25) is 0 Å². The van der Waals surface area contributed by atoms with E-state index in [4.69, 9.17) is 11.6 Å². The second-order valence-electron chi connectivity index (χ2n) is 5.04. The van der Waals surface area contributed by atoms with Crippen molar-refractivity contribution in [2.45, 2.75) is 31.7 Å². The molecular weight excluding hydrogens is 317 g/mol. The van der Waals surface area contributed by atoms with Crippen molar-refractivity contribution in [3.8, 4) is 0 Å². The van der Waals surface area contributed by atoms with E-state index in [1.807, 2.05) is 12.1 Å². The molecule has 1 unspecified atom stereocenters. The van der Waals surface area contributed by atoms with Gasteiger partial charge in [0.05, 0.1) is 4.47 Å². The molecule has 18 heavy (non-hydrogen) atoms. The van der Waals surface area contributed by atoms with Crippen LogP contribution in [0.1, 0.15) is 25.3 Å². The molecule has 1 aromatic rings. The highest BCUT2D eigenvalue weighted by molar-refractivity contribution is 9.10. The second kappa shape index (κ2) is 6.36. The highest BCUT2D eigenvalue weighted by Gasteiger charge is 2.22. The molecule has 4 heteroatoms. The quantitative estimate of drug-likeness (QED) is 0.739. The molecule has 1 nitrogen and oxygen atoms in total. The summed E-state index contributed by atoms with van der Waals surface area (Å²) in [6.07, 6.45) is 2.32. The van der Waals surface area contributed by atoms with Gasteiger partial charge in [0.1, 0.15) is 5.82 Å². The maximum Gasteiger partial charge on any atom is 0.137 e. The highest BCUT2D eigenvalue weighted by atomic mass is 79.9. The van der Waals surface area contributed by atoms with E-state index in [2.05, 4.69) is 27.8 Å². The molecule has 1 heterocycles. The predicted octanol–water partition coefficient (Wildman–Crippen LogP) is 4.43. The van der Waals surface area contributed by atoms with Gasteiger partial charge in [-0.3, -0.25) is 4.90 Å². The number of piperidine rings is 1. The van der Waals surface area contributed by atoms with Gasteiger partial charge < -0.3 is 0 Å². The first-order valence-corrected chi connectivity index (χ1v) is 7.59. The lowest BCUT2D eigenvalue weighted by Gasteiger charge is -2.33. The van der Waals surface area contributed by atoms with Crippen molar-refractivity contribution in [2.75, 3.05) is 13.1 Å². The maximum absolute atomic E-state index is 13.1. The smallest absolute Gasteiger partial charge is 0.137 e. The number of likely N-dealkylation sites (tertiary alicyclic amines) is 1. The Balaban J connectivity index is 1.89. The molecule has 0 radical (unpaired) electrons. The number of benzene rings is 1. The maximum atomic E-state index is 13.1. The van der Waals surface area contributed by atoms with Gasteiger partial charge in [0.25, 0.3) is 0 Å². The minimum Gasteiger partial charge on any atom is -0.299 e. The van der Waals surface area contributed by atoms with Crippen LogP contribution in [0.3, 0.4) is 0 Å². The molecule has 0 amide bonds. The molecule has 0 aromatic heterocycles. The zero-order chi connectivity index (χ0) is 13.1. The first kappa shape index (κ1) is 14.3. The minimum atomic E-state index is -0.201. The first-order valence-electron chi connectivity index (χ1n) is 6.36. The van der Waals surface area contributed by atoms with Crippen LogP contribution >= 0.6 is 27.5 Å². The van der Waals surface area contributed by atoms with Gasteiger partial charge >= 0.3 is 0 Å². The summed E-state index contributed by atoms with van der Waals surface area (Å²) in [6.45, 7) is 5.13. The Bertz CT molecular complexity index is 403. The van der Waals surface area contributed by atoms with E-state index < -0.39 is 0 Å². The summed E-state index contributed by atoms with van der Waals surface area (Å²) in [7, 11) is 0. The lowest BCUT2D eigenvalue weighted by Crippen LogP contribution is -2.35. The third-order valence-electron chi connectivity index (χ3n) is 3.67. The lowest BCUT2D eigenvalue weighted by atomic mass is 9.94. The van der Waals surface area contributed by atoms with Crippen LogP contribution in [0.4, 0.5) is 4.39 Å². The normalized spacial score (nSPS) is 20.0. The van der Waals surface area contributed by atoms with Gasteiger partial charge in [-0.2, -0.15) is 0 Å². The molecule has 0 N–H and O–H groups in total. The molecule has 2 rings (SSSR count). The van der Waals surface area contributed by atoms with Crippen LogP contribution in [0.5, 0.6) is 0 Å². The Kier molecular flexibility index (Phi) is 5.05. The molecular formula is C14H18BrClFN. The predicted molar refractivity (Wildman–Crippen MR) is 77.4 cm³/mol. The second-order valence-corrected chi connectivity index (χ2v) is 6.58. The first-order chi connectivity index (χ1) is 8.56. The number of hydrogen-bond acceptors (Lipinski definition) is 1. The summed E-state index contributed by atoms with van der Waals surface area (Å²) in [5.74, 6) is 0.441. The molecule has 1 aliphatic heterocycles. The Morgan fingerprint density at radius 1 is 1.44 bits per heavy atom. The van der Waals surface area contributed by atoms with E-state index in [1.54, 1.807) is 0 Å². The third-order valence-corrected chi connectivity index (χ3v) is 4.64. The van der Waals surface area contributed by atoms with Gasteiger partial charge in [0.15, 0.2) is 0 Å². The van der Waals surface area contributed by atoms with E-state index in [1.165, 1.54) is 6.07 Å². The van der Waals surface area contributed by atoms with Crippen molar-refractivity contribution in [1.82, 2.24) is 4.90 Å².